The molecule has 0 unspecified atom stereocenters. The number of rotatable bonds is 4. The van der Waals surface area contributed by atoms with Crippen LogP contribution in [0.4, 0.5) is 0 Å². The molecule has 1 aromatic heterocycles. The van der Waals surface area contributed by atoms with Crippen molar-refractivity contribution in [2.45, 2.75) is 38.0 Å². The van der Waals surface area contributed by atoms with E-state index in [1.54, 1.807) is 13.3 Å². The van der Waals surface area contributed by atoms with Crippen molar-refractivity contribution in [1.29, 1.82) is 0 Å². The van der Waals surface area contributed by atoms with Crippen molar-refractivity contribution in [3.63, 3.8) is 0 Å². The van der Waals surface area contributed by atoms with Gasteiger partial charge in [0.1, 0.15) is 0 Å². The topological polar surface area (TPSA) is 50.2 Å². The highest BCUT2D eigenvalue weighted by atomic mass is 32.1. The van der Waals surface area contributed by atoms with Crippen molar-refractivity contribution in [2.75, 3.05) is 7.11 Å². The van der Waals surface area contributed by atoms with E-state index < -0.39 is 0 Å². The van der Waals surface area contributed by atoms with Crippen LogP contribution in [-0.4, -0.2) is 27.4 Å². The number of hydrogen-bond acceptors (Lipinski definition) is 3. The van der Waals surface area contributed by atoms with Crippen molar-refractivity contribution >= 4 is 12.2 Å². The Balaban J connectivity index is 2.22. The van der Waals surface area contributed by atoms with Crippen LogP contribution >= 0.6 is 12.2 Å². The summed E-state index contributed by atoms with van der Waals surface area (Å²) in [6.07, 6.45) is 5.10. The first-order chi connectivity index (χ1) is 7.21. The van der Waals surface area contributed by atoms with E-state index in [1.807, 2.05) is 4.57 Å². The van der Waals surface area contributed by atoms with Gasteiger partial charge in [0.2, 0.25) is 0 Å². The molecule has 1 aliphatic carbocycles. The largest absolute Gasteiger partial charge is 0.390 e. The fraction of sp³-hybridized carbons (Fsp3) is 0.700. The predicted molar refractivity (Wildman–Crippen MR) is 59.1 cm³/mol. The zero-order valence-electron chi connectivity index (χ0n) is 8.82. The quantitative estimate of drug-likeness (QED) is 0.770. The first-order valence-corrected chi connectivity index (χ1v) is 5.55. The molecule has 4 nitrogen and oxygen atoms in total. The maximum absolute atomic E-state index is 9.16. The predicted octanol–water partition coefficient (Wildman–Crippen LogP) is 1.61. The standard InChI is InChI=1S/C10H16N2O2S/c1-14-10(3-2-4-10)7-12-8(6-13)5-11-9(12)15/h5,13H,2-4,6-7H2,1H3,(H,11,15). The second kappa shape index (κ2) is 4.08. The van der Waals surface area contributed by atoms with Gasteiger partial charge in [0, 0.05) is 13.3 Å². The average Bonchev–Trinajstić information content (AvgIpc) is 2.53. The van der Waals surface area contributed by atoms with Gasteiger partial charge in [-0.05, 0) is 31.5 Å². The van der Waals surface area contributed by atoms with E-state index in [0.29, 0.717) is 4.77 Å². The van der Waals surface area contributed by atoms with Gasteiger partial charge in [-0.3, -0.25) is 0 Å². The van der Waals surface area contributed by atoms with Crippen LogP contribution in [0.15, 0.2) is 6.20 Å². The molecule has 2 rings (SSSR count). The van der Waals surface area contributed by atoms with Gasteiger partial charge < -0.3 is 19.4 Å². The highest BCUT2D eigenvalue weighted by Crippen LogP contribution is 2.36. The van der Waals surface area contributed by atoms with E-state index in [9.17, 15) is 0 Å². The lowest BCUT2D eigenvalue weighted by Gasteiger charge is -2.40. The first kappa shape index (κ1) is 10.9. The third-order valence-electron chi connectivity index (χ3n) is 3.26. The third kappa shape index (κ3) is 1.87. The van der Waals surface area contributed by atoms with E-state index in [4.69, 9.17) is 22.1 Å². The summed E-state index contributed by atoms with van der Waals surface area (Å²) in [6.45, 7) is 0.745. The van der Waals surface area contributed by atoms with E-state index in [-0.39, 0.29) is 12.2 Å². The van der Waals surface area contributed by atoms with Crippen LogP contribution in [0.2, 0.25) is 0 Å². The zero-order valence-corrected chi connectivity index (χ0v) is 9.64. The van der Waals surface area contributed by atoms with Gasteiger partial charge in [0.15, 0.2) is 4.77 Å². The number of methoxy groups -OCH3 is 1. The molecule has 5 heteroatoms. The van der Waals surface area contributed by atoms with Crippen molar-refractivity contribution in [1.82, 2.24) is 9.55 Å². The van der Waals surface area contributed by atoms with Gasteiger partial charge >= 0.3 is 0 Å². The Hall–Kier alpha value is -0.650. The summed E-state index contributed by atoms with van der Waals surface area (Å²) in [6, 6.07) is 0. The van der Waals surface area contributed by atoms with Gasteiger partial charge in [0.05, 0.1) is 24.4 Å². The Morgan fingerprint density at radius 3 is 2.87 bits per heavy atom. The number of imidazole rings is 1. The lowest BCUT2D eigenvalue weighted by molar-refractivity contribution is -0.0844. The van der Waals surface area contributed by atoms with Crippen molar-refractivity contribution in [2.24, 2.45) is 0 Å². The second-order valence-corrected chi connectivity index (χ2v) is 4.46. The molecule has 1 heterocycles. The molecule has 1 aliphatic rings. The molecule has 15 heavy (non-hydrogen) atoms. The normalized spacial score (nSPS) is 18.8. The summed E-state index contributed by atoms with van der Waals surface area (Å²) in [7, 11) is 1.74. The number of ether oxygens (including phenoxy) is 1. The summed E-state index contributed by atoms with van der Waals surface area (Å²) < 4.78 is 8.12. The molecular weight excluding hydrogens is 212 g/mol. The molecule has 0 aliphatic heterocycles. The highest BCUT2D eigenvalue weighted by Gasteiger charge is 2.37. The number of aliphatic hydroxyl groups is 1. The smallest absolute Gasteiger partial charge is 0.177 e. The molecular formula is C10H16N2O2S. The minimum absolute atomic E-state index is 0.00688. The average molecular weight is 228 g/mol. The number of aromatic amines is 1. The Labute approximate surface area is 93.9 Å². The van der Waals surface area contributed by atoms with E-state index in [0.717, 1.165) is 25.1 Å². The fourth-order valence-electron chi connectivity index (χ4n) is 2.02. The number of hydrogen-bond donors (Lipinski definition) is 2. The monoisotopic (exact) mass is 228 g/mol. The second-order valence-electron chi connectivity index (χ2n) is 4.07. The van der Waals surface area contributed by atoms with Gasteiger partial charge in [-0.2, -0.15) is 0 Å². The number of nitrogens with one attached hydrogen (secondary N) is 1. The summed E-state index contributed by atoms with van der Waals surface area (Å²) in [5.74, 6) is 0. The molecule has 1 aromatic rings. The Morgan fingerprint density at radius 2 is 2.40 bits per heavy atom. The number of aromatic nitrogens is 2. The minimum atomic E-state index is -0.0651. The Kier molecular flexibility index (Phi) is 2.95. The highest BCUT2D eigenvalue weighted by molar-refractivity contribution is 7.71. The molecule has 0 bridgehead atoms. The maximum Gasteiger partial charge on any atom is 0.177 e. The molecule has 2 N–H and O–H groups in total. The molecule has 0 amide bonds. The number of H-pyrrole nitrogens is 1. The molecule has 1 saturated carbocycles. The van der Waals surface area contributed by atoms with Gasteiger partial charge in [0.25, 0.3) is 0 Å². The minimum Gasteiger partial charge on any atom is -0.390 e. The molecule has 1 fully saturated rings. The van der Waals surface area contributed by atoms with Gasteiger partial charge in [-0.25, -0.2) is 0 Å². The number of aliphatic hydroxyl groups excluding tert-OH is 1. The summed E-state index contributed by atoms with van der Waals surface area (Å²) in [5, 5.41) is 9.16. The van der Waals surface area contributed by atoms with Crippen molar-refractivity contribution in [3.05, 3.63) is 16.7 Å². The third-order valence-corrected chi connectivity index (χ3v) is 3.60. The van der Waals surface area contributed by atoms with Gasteiger partial charge in [-0.15, -0.1) is 0 Å². The SMILES string of the molecule is COC1(Cn2c(CO)c[nH]c2=S)CCC1. The summed E-state index contributed by atoms with van der Waals surface area (Å²) >= 11 is 5.17. The summed E-state index contributed by atoms with van der Waals surface area (Å²) in [4.78, 5) is 2.95. The Morgan fingerprint density at radius 1 is 1.67 bits per heavy atom. The fourth-order valence-corrected chi connectivity index (χ4v) is 2.26. The maximum atomic E-state index is 9.16. The van der Waals surface area contributed by atoms with E-state index >= 15 is 0 Å². The Bertz CT molecular complexity index is 387. The lowest BCUT2D eigenvalue weighted by Crippen LogP contribution is -2.43. The number of nitrogens with zero attached hydrogens (tertiary/aromatic N) is 1. The van der Waals surface area contributed by atoms with Crippen molar-refractivity contribution < 1.29 is 9.84 Å². The molecule has 0 saturated heterocycles. The molecule has 0 radical (unpaired) electrons. The van der Waals surface area contributed by atoms with Crippen LogP contribution < -0.4 is 0 Å². The van der Waals surface area contributed by atoms with Crippen LogP contribution in [-0.2, 0) is 17.9 Å². The van der Waals surface area contributed by atoms with Crippen LogP contribution in [0.3, 0.4) is 0 Å². The van der Waals surface area contributed by atoms with E-state index in [2.05, 4.69) is 4.98 Å². The summed E-state index contributed by atoms with van der Waals surface area (Å²) in [5.41, 5.74) is 0.757. The molecule has 84 valence electrons. The van der Waals surface area contributed by atoms with Gasteiger partial charge in [-0.1, -0.05) is 0 Å². The molecule has 0 spiro atoms. The van der Waals surface area contributed by atoms with Crippen molar-refractivity contribution in [3.8, 4) is 0 Å². The first-order valence-electron chi connectivity index (χ1n) is 5.14. The molecule has 0 atom stereocenters. The molecule has 0 aromatic carbocycles. The van der Waals surface area contributed by atoms with Crippen LogP contribution in [0.1, 0.15) is 25.0 Å². The zero-order chi connectivity index (χ0) is 10.9. The van der Waals surface area contributed by atoms with Crippen LogP contribution in [0.5, 0.6) is 0 Å². The van der Waals surface area contributed by atoms with Crippen LogP contribution in [0, 0.1) is 4.77 Å². The lowest BCUT2D eigenvalue weighted by atomic mass is 9.80. The van der Waals surface area contributed by atoms with Crippen LogP contribution in [0.25, 0.3) is 0 Å². The van der Waals surface area contributed by atoms with E-state index in [1.165, 1.54) is 6.42 Å².